The van der Waals surface area contributed by atoms with E-state index in [-0.39, 0.29) is 51.9 Å². The Bertz CT molecular complexity index is 1030. The van der Waals surface area contributed by atoms with Crippen molar-refractivity contribution in [2.24, 2.45) is 5.92 Å². The van der Waals surface area contributed by atoms with Crippen LogP contribution in [-0.2, 0) is 4.79 Å². The Kier molecular flexibility index (Phi) is 4.67. The minimum absolute atomic E-state index is 0.168. The van der Waals surface area contributed by atoms with E-state index in [9.17, 15) is 19.8 Å². The lowest BCUT2D eigenvalue weighted by molar-refractivity contribution is -0.135. The Labute approximate surface area is 149 Å². The molecule has 0 amide bonds. The molecule has 0 bridgehead atoms. The van der Waals surface area contributed by atoms with Gasteiger partial charge in [0.1, 0.15) is 17.6 Å². The molecule has 1 aromatic heterocycles. The van der Waals surface area contributed by atoms with Crippen molar-refractivity contribution in [3.63, 3.8) is 0 Å². The first-order valence-electron chi connectivity index (χ1n) is 8.13. The number of carbonyl (C=O) groups is 1. The van der Waals surface area contributed by atoms with Crippen LogP contribution in [0.5, 0.6) is 17.2 Å². The third kappa shape index (κ3) is 3.54. The van der Waals surface area contributed by atoms with Crippen molar-refractivity contribution >= 4 is 16.9 Å². The number of carbonyl (C=O) groups excluding carboxylic acids is 1. The molecule has 3 aromatic rings. The van der Waals surface area contributed by atoms with Gasteiger partial charge in [-0.25, -0.2) is 0 Å². The highest BCUT2D eigenvalue weighted by molar-refractivity contribution is 5.84. The Morgan fingerprint density at radius 1 is 1.12 bits per heavy atom. The van der Waals surface area contributed by atoms with Crippen LogP contribution >= 0.6 is 0 Å². The molecule has 134 valence electrons. The molecular formula is C20H18O6. The molecule has 0 aliphatic heterocycles. The van der Waals surface area contributed by atoms with Crippen molar-refractivity contribution in [2.75, 3.05) is 0 Å². The summed E-state index contributed by atoms with van der Waals surface area (Å²) in [5.41, 5.74) is 0.639. The van der Waals surface area contributed by atoms with Gasteiger partial charge in [0.05, 0.1) is 10.9 Å². The molecule has 6 heteroatoms. The predicted octanol–water partition coefficient (Wildman–Crippen LogP) is 3.82. The van der Waals surface area contributed by atoms with E-state index < -0.39 is 0 Å². The zero-order valence-electron chi connectivity index (χ0n) is 14.4. The first kappa shape index (κ1) is 17.5. The highest BCUT2D eigenvalue weighted by Gasteiger charge is 2.13. The van der Waals surface area contributed by atoms with Crippen LogP contribution in [0.25, 0.3) is 22.1 Å². The van der Waals surface area contributed by atoms with Crippen LogP contribution in [0.3, 0.4) is 0 Å². The lowest BCUT2D eigenvalue weighted by Gasteiger charge is -2.08. The van der Waals surface area contributed by atoms with Crippen LogP contribution < -0.4 is 10.2 Å². The molecule has 0 fully saturated rings. The molecule has 0 saturated carbocycles. The van der Waals surface area contributed by atoms with Crippen molar-refractivity contribution < 1.29 is 24.2 Å². The molecule has 1 heterocycles. The lowest BCUT2D eigenvalue weighted by Crippen LogP contribution is -2.11. The Hall–Kier alpha value is -3.28. The summed E-state index contributed by atoms with van der Waals surface area (Å²) in [6.07, 6.45) is 1.57. The molecule has 2 aromatic carbocycles. The van der Waals surface area contributed by atoms with Crippen LogP contribution in [0, 0.1) is 5.92 Å². The second-order valence-corrected chi connectivity index (χ2v) is 6.41. The molecule has 0 spiro atoms. The van der Waals surface area contributed by atoms with E-state index in [0.717, 1.165) is 0 Å². The van der Waals surface area contributed by atoms with E-state index in [1.54, 1.807) is 12.1 Å². The molecular weight excluding hydrogens is 336 g/mol. The van der Waals surface area contributed by atoms with Gasteiger partial charge in [-0.3, -0.25) is 9.59 Å². The van der Waals surface area contributed by atoms with E-state index in [4.69, 9.17) is 9.15 Å². The summed E-state index contributed by atoms with van der Waals surface area (Å²) in [4.78, 5) is 24.6. The van der Waals surface area contributed by atoms with Gasteiger partial charge in [0.15, 0.2) is 11.5 Å². The third-order valence-corrected chi connectivity index (χ3v) is 3.84. The van der Waals surface area contributed by atoms with Gasteiger partial charge in [0.25, 0.3) is 0 Å². The first-order valence-corrected chi connectivity index (χ1v) is 8.13. The van der Waals surface area contributed by atoms with Gasteiger partial charge >= 0.3 is 5.97 Å². The number of aromatic hydroxyl groups is 2. The Balaban J connectivity index is 2.03. The second kappa shape index (κ2) is 6.92. The highest BCUT2D eigenvalue weighted by Crippen LogP contribution is 2.30. The van der Waals surface area contributed by atoms with Gasteiger partial charge in [-0.05, 0) is 41.8 Å². The number of ether oxygens (including phenoxy) is 1. The van der Waals surface area contributed by atoms with Crippen molar-refractivity contribution in [1.82, 2.24) is 0 Å². The van der Waals surface area contributed by atoms with Crippen molar-refractivity contribution in [3.05, 3.63) is 52.9 Å². The van der Waals surface area contributed by atoms with E-state index in [1.807, 2.05) is 13.8 Å². The number of fused-ring (bicyclic) bond motifs is 1. The lowest BCUT2D eigenvalue weighted by atomic mass is 10.0. The number of rotatable bonds is 4. The normalized spacial score (nSPS) is 11.0. The molecule has 0 aliphatic carbocycles. The maximum atomic E-state index is 12.8. The minimum atomic E-state index is -0.372. The van der Waals surface area contributed by atoms with Gasteiger partial charge in [0, 0.05) is 6.42 Å². The summed E-state index contributed by atoms with van der Waals surface area (Å²) in [7, 11) is 0. The smallest absolute Gasteiger partial charge is 0.311 e. The van der Waals surface area contributed by atoms with Gasteiger partial charge in [0.2, 0.25) is 5.43 Å². The van der Waals surface area contributed by atoms with Gasteiger partial charge in [-0.1, -0.05) is 19.9 Å². The average Bonchev–Trinajstić information content (AvgIpc) is 2.57. The fourth-order valence-electron chi connectivity index (χ4n) is 2.57. The summed E-state index contributed by atoms with van der Waals surface area (Å²) >= 11 is 0. The quantitative estimate of drug-likeness (QED) is 0.420. The molecule has 0 unspecified atom stereocenters. The number of phenolic OH excluding ortho intramolecular Hbond substituents is 2. The maximum absolute atomic E-state index is 12.8. The van der Waals surface area contributed by atoms with Crippen molar-refractivity contribution in [3.8, 4) is 28.4 Å². The maximum Gasteiger partial charge on any atom is 0.311 e. The van der Waals surface area contributed by atoms with Gasteiger partial charge in [-0.2, -0.15) is 0 Å². The summed E-state index contributed by atoms with van der Waals surface area (Å²) in [6.45, 7) is 3.82. The first-order chi connectivity index (χ1) is 12.3. The van der Waals surface area contributed by atoms with E-state index in [0.29, 0.717) is 11.1 Å². The summed E-state index contributed by atoms with van der Waals surface area (Å²) in [6, 6.07) is 8.66. The van der Waals surface area contributed by atoms with E-state index >= 15 is 0 Å². The number of hydrogen-bond acceptors (Lipinski definition) is 6. The predicted molar refractivity (Wildman–Crippen MR) is 96.3 cm³/mol. The number of esters is 1. The minimum Gasteiger partial charge on any atom is -0.504 e. The Morgan fingerprint density at radius 2 is 1.88 bits per heavy atom. The van der Waals surface area contributed by atoms with Crippen LogP contribution in [0.15, 0.2) is 51.9 Å². The number of hydrogen-bond donors (Lipinski definition) is 2. The zero-order valence-corrected chi connectivity index (χ0v) is 14.4. The van der Waals surface area contributed by atoms with Gasteiger partial charge < -0.3 is 19.4 Å². The molecule has 2 N–H and O–H groups in total. The second-order valence-electron chi connectivity index (χ2n) is 6.41. The monoisotopic (exact) mass is 354 g/mol. The average molecular weight is 354 g/mol. The van der Waals surface area contributed by atoms with Gasteiger partial charge in [-0.15, -0.1) is 0 Å². The van der Waals surface area contributed by atoms with Crippen LogP contribution in [-0.4, -0.2) is 16.2 Å². The fraction of sp³-hybridized carbons (Fsp3) is 0.200. The molecule has 3 rings (SSSR count). The van der Waals surface area contributed by atoms with Crippen LogP contribution in [0.1, 0.15) is 20.3 Å². The SMILES string of the molecule is CC(C)CC(=O)Oc1ccc2occ(-c3ccc(O)c(O)c3)c(=O)c2c1. The van der Waals surface area contributed by atoms with E-state index in [2.05, 4.69) is 0 Å². The largest absolute Gasteiger partial charge is 0.504 e. The van der Waals surface area contributed by atoms with Crippen LogP contribution in [0.2, 0.25) is 0 Å². The van der Waals surface area contributed by atoms with Crippen molar-refractivity contribution in [1.29, 1.82) is 0 Å². The number of phenols is 2. The standard InChI is InChI=1S/C20H18O6/c1-11(2)7-19(23)26-13-4-6-18-14(9-13)20(24)15(10-25-18)12-3-5-16(21)17(22)8-12/h3-6,8-11,21-22H,7H2,1-2H3. The zero-order chi connectivity index (χ0) is 18.8. The topological polar surface area (TPSA) is 97.0 Å². The molecule has 0 atom stereocenters. The molecule has 0 aliphatic rings. The molecule has 0 saturated heterocycles. The summed E-state index contributed by atoms with van der Waals surface area (Å²) in [5.74, 6) is -0.553. The van der Waals surface area contributed by atoms with Crippen LogP contribution in [0.4, 0.5) is 0 Å². The molecule has 26 heavy (non-hydrogen) atoms. The summed E-state index contributed by atoms with van der Waals surface area (Å²) in [5, 5.41) is 19.3. The summed E-state index contributed by atoms with van der Waals surface area (Å²) < 4.78 is 10.8. The third-order valence-electron chi connectivity index (χ3n) is 3.84. The molecule has 0 radical (unpaired) electrons. The van der Waals surface area contributed by atoms with E-state index in [1.165, 1.54) is 30.5 Å². The highest BCUT2D eigenvalue weighted by atomic mass is 16.5. The number of benzene rings is 2. The van der Waals surface area contributed by atoms with Crippen molar-refractivity contribution in [2.45, 2.75) is 20.3 Å². The Morgan fingerprint density at radius 3 is 2.58 bits per heavy atom. The molecule has 6 nitrogen and oxygen atoms in total. The fourth-order valence-corrected chi connectivity index (χ4v) is 2.57.